The number of carbonyl (C=O) groups is 1. The first kappa shape index (κ1) is 15.2. The van der Waals surface area contributed by atoms with E-state index >= 15 is 0 Å². The number of piperidine rings is 1. The zero-order valence-electron chi connectivity index (χ0n) is 12.3. The van der Waals surface area contributed by atoms with E-state index in [1.165, 1.54) is 11.0 Å². The number of amides is 1. The monoisotopic (exact) mass is 292 g/mol. The van der Waals surface area contributed by atoms with E-state index in [-0.39, 0.29) is 17.6 Å². The maximum atomic E-state index is 11.9. The topological polar surface area (TPSA) is 92.7 Å². The normalized spacial score (nSPS) is 18.4. The van der Waals surface area contributed by atoms with Crippen molar-refractivity contribution in [3.63, 3.8) is 0 Å². The van der Waals surface area contributed by atoms with Crippen LogP contribution in [0.3, 0.4) is 0 Å². The minimum absolute atomic E-state index is 0.0291. The van der Waals surface area contributed by atoms with Gasteiger partial charge in [-0.3, -0.25) is 14.9 Å². The van der Waals surface area contributed by atoms with E-state index in [4.69, 9.17) is 5.73 Å². The molecule has 1 atom stereocenters. The molecule has 0 radical (unpaired) electrons. The van der Waals surface area contributed by atoms with E-state index in [1.54, 1.807) is 26.2 Å². The van der Waals surface area contributed by atoms with Crippen molar-refractivity contribution in [3.8, 4) is 0 Å². The van der Waals surface area contributed by atoms with E-state index < -0.39 is 4.92 Å². The van der Waals surface area contributed by atoms with Gasteiger partial charge < -0.3 is 15.5 Å². The van der Waals surface area contributed by atoms with Gasteiger partial charge in [0.2, 0.25) is 0 Å². The van der Waals surface area contributed by atoms with Crippen molar-refractivity contribution in [2.24, 2.45) is 5.73 Å². The lowest BCUT2D eigenvalue weighted by atomic mass is 10.0. The molecule has 1 aromatic carbocycles. The molecule has 1 aliphatic rings. The number of nitro groups is 1. The fourth-order valence-corrected chi connectivity index (χ4v) is 2.56. The number of hydrogen-bond acceptors (Lipinski definition) is 5. The minimum Gasteiger partial charge on any atom is -0.364 e. The van der Waals surface area contributed by atoms with Crippen molar-refractivity contribution in [1.29, 1.82) is 0 Å². The fourth-order valence-electron chi connectivity index (χ4n) is 2.56. The van der Waals surface area contributed by atoms with Gasteiger partial charge >= 0.3 is 0 Å². The molecule has 1 aliphatic heterocycles. The van der Waals surface area contributed by atoms with Gasteiger partial charge in [0.1, 0.15) is 5.69 Å². The Labute approximate surface area is 123 Å². The summed E-state index contributed by atoms with van der Waals surface area (Å²) in [7, 11) is 3.23. The molecule has 1 fully saturated rings. The third kappa shape index (κ3) is 3.30. The summed E-state index contributed by atoms with van der Waals surface area (Å²) >= 11 is 0. The molecule has 0 aliphatic carbocycles. The van der Waals surface area contributed by atoms with E-state index in [2.05, 4.69) is 0 Å². The Morgan fingerprint density at radius 2 is 2.19 bits per heavy atom. The molecule has 21 heavy (non-hydrogen) atoms. The van der Waals surface area contributed by atoms with Crippen LogP contribution >= 0.6 is 0 Å². The van der Waals surface area contributed by atoms with Crippen molar-refractivity contribution < 1.29 is 9.72 Å². The Bertz CT molecular complexity index is 559. The van der Waals surface area contributed by atoms with Crippen LogP contribution in [-0.2, 0) is 0 Å². The van der Waals surface area contributed by atoms with Crippen molar-refractivity contribution >= 4 is 17.3 Å². The van der Waals surface area contributed by atoms with E-state index in [0.717, 1.165) is 19.4 Å². The number of anilines is 1. The summed E-state index contributed by atoms with van der Waals surface area (Å²) in [5, 5.41) is 11.3. The van der Waals surface area contributed by atoms with Crippen LogP contribution in [-0.4, -0.2) is 49.0 Å². The third-order valence-electron chi connectivity index (χ3n) is 3.62. The molecule has 1 aromatic rings. The van der Waals surface area contributed by atoms with E-state index in [0.29, 0.717) is 17.8 Å². The molecule has 1 heterocycles. The third-order valence-corrected chi connectivity index (χ3v) is 3.62. The molecular weight excluding hydrogens is 272 g/mol. The van der Waals surface area contributed by atoms with Gasteiger partial charge in [0.05, 0.1) is 4.92 Å². The lowest BCUT2D eigenvalue weighted by Gasteiger charge is -2.32. The zero-order chi connectivity index (χ0) is 15.6. The van der Waals surface area contributed by atoms with Gasteiger partial charge in [0, 0.05) is 44.9 Å². The molecule has 0 spiro atoms. The Balaban J connectivity index is 2.38. The smallest absolute Gasteiger partial charge is 0.293 e. The molecule has 2 rings (SSSR count). The van der Waals surface area contributed by atoms with Gasteiger partial charge in [-0.1, -0.05) is 0 Å². The van der Waals surface area contributed by atoms with Crippen LogP contribution in [0, 0.1) is 10.1 Å². The van der Waals surface area contributed by atoms with Crippen LogP contribution in [0.4, 0.5) is 11.4 Å². The lowest BCUT2D eigenvalue weighted by molar-refractivity contribution is -0.384. The number of carbonyl (C=O) groups excluding carboxylic acids is 1. The summed E-state index contributed by atoms with van der Waals surface area (Å²) in [6.45, 7) is 1.34. The first-order valence-corrected chi connectivity index (χ1v) is 6.90. The Morgan fingerprint density at radius 3 is 2.76 bits per heavy atom. The second-order valence-electron chi connectivity index (χ2n) is 5.51. The fraction of sp³-hybridized carbons (Fsp3) is 0.500. The molecule has 1 amide bonds. The first-order valence-electron chi connectivity index (χ1n) is 6.90. The predicted octanol–water partition coefficient (Wildman–Crippen LogP) is 1.22. The van der Waals surface area contributed by atoms with Crippen LogP contribution in [0.25, 0.3) is 0 Å². The number of nitrogens with two attached hydrogens (primary N) is 1. The van der Waals surface area contributed by atoms with Gasteiger partial charge in [-0.2, -0.15) is 0 Å². The van der Waals surface area contributed by atoms with Gasteiger partial charge in [0.25, 0.3) is 11.6 Å². The van der Waals surface area contributed by atoms with Gasteiger partial charge in [-0.05, 0) is 25.0 Å². The molecule has 1 saturated heterocycles. The number of rotatable bonds is 3. The largest absolute Gasteiger partial charge is 0.364 e. The summed E-state index contributed by atoms with van der Waals surface area (Å²) in [5.41, 5.74) is 6.74. The number of nitro benzene ring substituents is 1. The van der Waals surface area contributed by atoms with Crippen LogP contribution < -0.4 is 10.6 Å². The van der Waals surface area contributed by atoms with Crippen LogP contribution in [0.15, 0.2) is 18.2 Å². The van der Waals surface area contributed by atoms with E-state index in [1.807, 2.05) is 4.90 Å². The summed E-state index contributed by atoms with van der Waals surface area (Å²) in [5.74, 6) is -0.250. The highest BCUT2D eigenvalue weighted by Gasteiger charge is 2.25. The summed E-state index contributed by atoms with van der Waals surface area (Å²) in [6, 6.07) is 4.65. The summed E-state index contributed by atoms with van der Waals surface area (Å²) in [6.07, 6.45) is 1.85. The average Bonchev–Trinajstić information content (AvgIpc) is 2.45. The molecule has 0 bridgehead atoms. The maximum Gasteiger partial charge on any atom is 0.293 e. The molecule has 0 saturated carbocycles. The van der Waals surface area contributed by atoms with Crippen molar-refractivity contribution in [2.75, 3.05) is 32.1 Å². The molecular formula is C14H20N4O3. The lowest BCUT2D eigenvalue weighted by Crippen LogP contribution is -2.43. The molecule has 0 aromatic heterocycles. The summed E-state index contributed by atoms with van der Waals surface area (Å²) < 4.78 is 0. The number of benzene rings is 1. The summed E-state index contributed by atoms with van der Waals surface area (Å²) in [4.78, 5) is 26.1. The highest BCUT2D eigenvalue weighted by atomic mass is 16.6. The molecule has 7 heteroatoms. The molecule has 0 unspecified atom stereocenters. The number of hydrogen-bond donors (Lipinski definition) is 1. The second kappa shape index (κ2) is 6.09. The van der Waals surface area contributed by atoms with Crippen LogP contribution in [0.1, 0.15) is 23.2 Å². The average molecular weight is 292 g/mol. The predicted molar refractivity (Wildman–Crippen MR) is 80.5 cm³/mol. The molecule has 2 N–H and O–H groups in total. The Morgan fingerprint density at radius 1 is 1.48 bits per heavy atom. The second-order valence-corrected chi connectivity index (χ2v) is 5.51. The highest BCUT2D eigenvalue weighted by molar-refractivity contribution is 5.95. The Kier molecular flexibility index (Phi) is 4.42. The molecule has 114 valence electrons. The van der Waals surface area contributed by atoms with Crippen molar-refractivity contribution in [3.05, 3.63) is 33.9 Å². The van der Waals surface area contributed by atoms with E-state index in [9.17, 15) is 14.9 Å². The maximum absolute atomic E-state index is 11.9. The number of nitrogens with zero attached hydrogens (tertiary/aromatic N) is 3. The quantitative estimate of drug-likeness (QED) is 0.668. The van der Waals surface area contributed by atoms with Crippen molar-refractivity contribution in [1.82, 2.24) is 4.90 Å². The van der Waals surface area contributed by atoms with Crippen molar-refractivity contribution in [2.45, 2.75) is 18.9 Å². The first-order chi connectivity index (χ1) is 9.90. The van der Waals surface area contributed by atoms with Gasteiger partial charge in [-0.15, -0.1) is 0 Å². The van der Waals surface area contributed by atoms with Crippen LogP contribution in [0.5, 0.6) is 0 Å². The molecule has 7 nitrogen and oxygen atoms in total. The highest BCUT2D eigenvalue weighted by Crippen LogP contribution is 2.31. The SMILES string of the molecule is CN(C)C(=O)c1ccc(N2CCC[C@@H](N)C2)c([N+](=O)[O-])c1. The zero-order valence-corrected chi connectivity index (χ0v) is 12.3. The van der Waals surface area contributed by atoms with Crippen LogP contribution in [0.2, 0.25) is 0 Å². The Hall–Kier alpha value is -2.15. The van der Waals surface area contributed by atoms with Gasteiger partial charge in [0.15, 0.2) is 0 Å². The minimum atomic E-state index is -0.443. The standard InChI is InChI=1S/C14H20N4O3/c1-16(2)14(19)10-5-6-12(13(8-10)18(20)21)17-7-3-4-11(15)9-17/h5-6,8,11H,3-4,7,9,15H2,1-2H3/t11-/m1/s1. The van der Waals surface area contributed by atoms with Gasteiger partial charge in [-0.25, -0.2) is 0 Å².